The minimum atomic E-state index is -0.917. The van der Waals surface area contributed by atoms with Gasteiger partial charge in [-0.25, -0.2) is 4.98 Å². The van der Waals surface area contributed by atoms with Gasteiger partial charge in [0.25, 0.3) is 5.78 Å². The Morgan fingerprint density at radius 3 is 2.56 bits per heavy atom. The molecule has 0 saturated carbocycles. The molecule has 0 radical (unpaired) electrons. The number of hydrogen-bond acceptors (Lipinski definition) is 8. The fourth-order valence-corrected chi connectivity index (χ4v) is 5.66. The molecule has 1 aliphatic heterocycles. The lowest BCUT2D eigenvalue weighted by molar-refractivity contribution is -0.132. The quantitative estimate of drug-likeness (QED) is 0.164. The van der Waals surface area contributed by atoms with E-state index in [0.29, 0.717) is 45.6 Å². The Balaban J connectivity index is 1.70. The summed E-state index contributed by atoms with van der Waals surface area (Å²) in [7, 11) is 3.14. The van der Waals surface area contributed by atoms with Crippen LogP contribution in [0, 0.1) is 6.92 Å². The number of fused-ring (bicyclic) bond motifs is 1. The second kappa shape index (κ2) is 10.8. The maximum absolute atomic E-state index is 13.6. The van der Waals surface area contributed by atoms with Gasteiger partial charge in [0, 0.05) is 5.56 Å². The molecule has 1 fully saturated rings. The molecule has 200 valence electrons. The largest absolute Gasteiger partial charge is 0.507 e. The number of amides is 1. The molecule has 3 aromatic carbocycles. The van der Waals surface area contributed by atoms with Gasteiger partial charge in [0.1, 0.15) is 23.0 Å². The van der Waals surface area contributed by atoms with Crippen LogP contribution < -0.4 is 19.1 Å². The zero-order valence-electron chi connectivity index (χ0n) is 22.1. The molecule has 9 heteroatoms. The number of carbonyl (C=O) groups is 2. The van der Waals surface area contributed by atoms with Gasteiger partial charge in [0.2, 0.25) is 0 Å². The van der Waals surface area contributed by atoms with Gasteiger partial charge < -0.3 is 19.3 Å². The molecule has 0 unspecified atom stereocenters. The molecule has 4 aromatic rings. The summed E-state index contributed by atoms with van der Waals surface area (Å²) in [5.74, 6) is 0.0880. The number of methoxy groups -OCH3 is 2. The van der Waals surface area contributed by atoms with Crippen molar-refractivity contribution in [2.75, 3.05) is 25.7 Å². The van der Waals surface area contributed by atoms with E-state index in [4.69, 9.17) is 14.2 Å². The second-order valence-corrected chi connectivity index (χ2v) is 10.1. The van der Waals surface area contributed by atoms with Crippen LogP contribution in [-0.2, 0) is 9.59 Å². The lowest BCUT2D eigenvalue weighted by Crippen LogP contribution is -2.29. The van der Waals surface area contributed by atoms with Crippen LogP contribution in [0.1, 0.15) is 36.1 Å². The number of aliphatic hydroxyl groups excluding tert-OH is 1. The number of rotatable bonds is 8. The fourth-order valence-electron chi connectivity index (χ4n) is 4.64. The first-order chi connectivity index (χ1) is 18.9. The monoisotopic (exact) mass is 544 g/mol. The number of carbonyl (C=O) groups excluding carboxylic acids is 2. The highest BCUT2D eigenvalue weighted by atomic mass is 32.1. The number of aliphatic hydroxyl groups is 1. The van der Waals surface area contributed by atoms with E-state index in [2.05, 4.69) is 4.98 Å². The van der Waals surface area contributed by atoms with E-state index in [0.717, 1.165) is 16.7 Å². The molecule has 1 N–H and O–H groups in total. The average molecular weight is 545 g/mol. The summed E-state index contributed by atoms with van der Waals surface area (Å²) in [6, 6.07) is 16.9. The molecular weight excluding hydrogens is 516 g/mol. The van der Waals surface area contributed by atoms with Crippen LogP contribution >= 0.6 is 11.3 Å². The predicted molar refractivity (Wildman–Crippen MR) is 151 cm³/mol. The van der Waals surface area contributed by atoms with Crippen LogP contribution in [0.25, 0.3) is 16.0 Å². The summed E-state index contributed by atoms with van der Waals surface area (Å²) in [4.78, 5) is 33.2. The Kier molecular flexibility index (Phi) is 7.26. The molecule has 0 aliphatic carbocycles. The maximum Gasteiger partial charge on any atom is 0.301 e. The number of benzene rings is 3. The molecule has 1 aliphatic rings. The molecule has 0 spiro atoms. The van der Waals surface area contributed by atoms with E-state index in [1.54, 1.807) is 56.7 Å². The van der Waals surface area contributed by atoms with Crippen LogP contribution in [-0.4, -0.2) is 42.6 Å². The van der Waals surface area contributed by atoms with Gasteiger partial charge in [-0.15, -0.1) is 0 Å². The van der Waals surface area contributed by atoms with Crippen molar-refractivity contribution < 1.29 is 28.9 Å². The van der Waals surface area contributed by atoms with Crippen LogP contribution in [0.15, 0.2) is 66.2 Å². The molecule has 8 nitrogen and oxygen atoms in total. The van der Waals surface area contributed by atoms with Crippen molar-refractivity contribution in [1.29, 1.82) is 0 Å². The lowest BCUT2D eigenvalue weighted by atomic mass is 9.94. The van der Waals surface area contributed by atoms with Gasteiger partial charge in [-0.1, -0.05) is 30.4 Å². The van der Waals surface area contributed by atoms with E-state index < -0.39 is 17.7 Å². The Morgan fingerprint density at radius 1 is 1.03 bits per heavy atom. The van der Waals surface area contributed by atoms with Crippen LogP contribution in [0.5, 0.6) is 17.2 Å². The number of thiazole rings is 1. The third kappa shape index (κ3) is 4.81. The molecule has 5 rings (SSSR count). The normalized spacial score (nSPS) is 16.6. The number of ether oxygens (including phenoxy) is 3. The fraction of sp³-hybridized carbons (Fsp3) is 0.233. The first-order valence-electron chi connectivity index (χ1n) is 12.5. The zero-order valence-corrected chi connectivity index (χ0v) is 22.9. The van der Waals surface area contributed by atoms with Gasteiger partial charge in [-0.3, -0.25) is 14.5 Å². The first-order valence-corrected chi connectivity index (χ1v) is 13.3. The predicted octanol–water partition coefficient (Wildman–Crippen LogP) is 6.04. The van der Waals surface area contributed by atoms with Gasteiger partial charge in [0.05, 0.1) is 42.7 Å². The third-order valence-corrected chi connectivity index (χ3v) is 7.57. The van der Waals surface area contributed by atoms with Gasteiger partial charge in [-0.05, 0) is 73.0 Å². The highest BCUT2D eigenvalue weighted by Gasteiger charge is 2.48. The van der Waals surface area contributed by atoms with Gasteiger partial charge in [0.15, 0.2) is 5.13 Å². The molecule has 1 atom stereocenters. The molecular formula is C30H28N2O6S. The summed E-state index contributed by atoms with van der Waals surface area (Å²) in [6.07, 6.45) is 0.828. The first kappa shape index (κ1) is 26.2. The molecule has 0 bridgehead atoms. The summed E-state index contributed by atoms with van der Waals surface area (Å²) in [5, 5.41) is 11.8. The number of Topliss-reactive ketones (excluding diaryl/α,β-unsaturated/α-hetero) is 1. The van der Waals surface area contributed by atoms with Crippen LogP contribution in [0.4, 0.5) is 5.13 Å². The van der Waals surface area contributed by atoms with E-state index >= 15 is 0 Å². The zero-order chi connectivity index (χ0) is 27.7. The number of ketones is 1. The Hall–Kier alpha value is -4.37. The smallest absolute Gasteiger partial charge is 0.301 e. The average Bonchev–Trinajstić information content (AvgIpc) is 3.48. The Morgan fingerprint density at radius 2 is 1.85 bits per heavy atom. The number of anilines is 1. The standard InChI is InChI=1S/C30H28N2O6S/c1-5-13-38-21-8-6-7-18(15-21)26-25(27(33)19-9-12-23(37-4)17(2)14-19)28(34)29(35)32(26)30-31-22-11-10-20(36-3)16-24(22)39-30/h6-12,14-16,26,33H,5,13H2,1-4H3/b27-25+/t26-/m1/s1. The summed E-state index contributed by atoms with van der Waals surface area (Å²) >= 11 is 1.27. The second-order valence-electron chi connectivity index (χ2n) is 9.10. The molecule has 1 amide bonds. The van der Waals surface area contributed by atoms with Gasteiger partial charge >= 0.3 is 5.91 Å². The molecule has 39 heavy (non-hydrogen) atoms. The van der Waals surface area contributed by atoms with Crippen molar-refractivity contribution in [3.05, 3.63) is 82.9 Å². The molecule has 2 heterocycles. The highest BCUT2D eigenvalue weighted by Crippen LogP contribution is 2.45. The molecule has 1 saturated heterocycles. The topological polar surface area (TPSA) is 98.2 Å². The number of aromatic nitrogens is 1. The van der Waals surface area contributed by atoms with Crippen molar-refractivity contribution in [3.8, 4) is 17.2 Å². The van der Waals surface area contributed by atoms with E-state index in [1.165, 1.54) is 16.2 Å². The van der Waals surface area contributed by atoms with Crippen LogP contribution in [0.2, 0.25) is 0 Å². The maximum atomic E-state index is 13.6. The summed E-state index contributed by atoms with van der Waals surface area (Å²) in [6.45, 7) is 4.38. The van der Waals surface area contributed by atoms with Gasteiger partial charge in [-0.2, -0.15) is 0 Å². The Labute approximate surface area is 230 Å². The summed E-state index contributed by atoms with van der Waals surface area (Å²) < 4.78 is 17.3. The summed E-state index contributed by atoms with van der Waals surface area (Å²) in [5.41, 5.74) is 2.45. The lowest BCUT2D eigenvalue weighted by Gasteiger charge is -2.23. The van der Waals surface area contributed by atoms with Crippen molar-refractivity contribution >= 4 is 44.1 Å². The van der Waals surface area contributed by atoms with E-state index in [1.807, 2.05) is 32.0 Å². The number of nitrogens with zero attached hydrogens (tertiary/aromatic N) is 2. The minimum absolute atomic E-state index is 0.0194. The van der Waals surface area contributed by atoms with Crippen molar-refractivity contribution in [1.82, 2.24) is 4.98 Å². The number of aryl methyl sites for hydroxylation is 1. The van der Waals surface area contributed by atoms with E-state index in [-0.39, 0.29) is 11.3 Å². The number of hydrogen-bond donors (Lipinski definition) is 1. The minimum Gasteiger partial charge on any atom is -0.507 e. The van der Waals surface area contributed by atoms with Crippen molar-refractivity contribution in [2.45, 2.75) is 26.3 Å². The third-order valence-electron chi connectivity index (χ3n) is 6.55. The molecule has 1 aromatic heterocycles. The van der Waals surface area contributed by atoms with Crippen molar-refractivity contribution in [3.63, 3.8) is 0 Å². The van der Waals surface area contributed by atoms with E-state index in [9.17, 15) is 14.7 Å². The SMILES string of the molecule is CCCOc1cccc([C@@H]2/C(=C(\O)c3ccc(OC)c(C)c3)C(=O)C(=O)N2c2nc3ccc(OC)cc3s2)c1. The van der Waals surface area contributed by atoms with Crippen LogP contribution in [0.3, 0.4) is 0 Å². The highest BCUT2D eigenvalue weighted by molar-refractivity contribution is 7.22. The van der Waals surface area contributed by atoms with Crippen molar-refractivity contribution in [2.24, 2.45) is 0 Å². The Bertz CT molecular complexity index is 1610.